The Morgan fingerprint density at radius 3 is 2.32 bits per heavy atom. The van der Waals surface area contributed by atoms with Crippen molar-refractivity contribution in [3.8, 4) is 0 Å². The number of sulfonamides is 1. The minimum absolute atomic E-state index is 0.0330. The molecule has 0 amide bonds. The molecule has 0 aromatic heterocycles. The van der Waals surface area contributed by atoms with Gasteiger partial charge in [0.1, 0.15) is 0 Å². The van der Waals surface area contributed by atoms with Crippen LogP contribution in [-0.4, -0.2) is 27.8 Å². The van der Waals surface area contributed by atoms with Crippen LogP contribution in [0.2, 0.25) is 15.1 Å². The normalized spacial score (nSPS) is 11.6. The van der Waals surface area contributed by atoms with Crippen LogP contribution in [0, 0.1) is 0 Å². The molecule has 8 heteroatoms. The molecule has 108 valence electrons. The Kier molecular flexibility index (Phi) is 6.69. The van der Waals surface area contributed by atoms with E-state index in [1.165, 1.54) is 12.1 Å². The van der Waals surface area contributed by atoms with E-state index in [2.05, 4.69) is 10.0 Å². The van der Waals surface area contributed by atoms with Gasteiger partial charge in [0.15, 0.2) is 0 Å². The van der Waals surface area contributed by atoms with Gasteiger partial charge in [-0.25, -0.2) is 8.42 Å². The number of nitrogens with one attached hydrogen (secondary N) is 2. The molecule has 0 aliphatic carbocycles. The highest BCUT2D eigenvalue weighted by atomic mass is 35.5. The van der Waals surface area contributed by atoms with E-state index in [0.29, 0.717) is 6.42 Å². The van der Waals surface area contributed by atoms with Gasteiger partial charge < -0.3 is 5.32 Å². The van der Waals surface area contributed by atoms with Crippen molar-refractivity contribution >= 4 is 50.5 Å². The summed E-state index contributed by atoms with van der Waals surface area (Å²) in [5, 5.41) is 3.70. The summed E-state index contributed by atoms with van der Waals surface area (Å²) in [6.45, 7) is 0.781. The van der Waals surface area contributed by atoms with Crippen LogP contribution in [0.3, 0.4) is 0 Å². The summed E-state index contributed by atoms with van der Waals surface area (Å²) < 4.78 is 26.1. The molecule has 0 heterocycles. The molecule has 1 aromatic rings. The molecule has 0 saturated carbocycles. The summed E-state index contributed by atoms with van der Waals surface area (Å²) in [6, 6.07) is 2.81. The second kappa shape index (κ2) is 7.55. The third-order valence-electron chi connectivity index (χ3n) is 2.37. The molecule has 0 aliphatic heterocycles. The quantitative estimate of drug-likeness (QED) is 0.588. The first-order chi connectivity index (χ1) is 8.85. The summed E-state index contributed by atoms with van der Waals surface area (Å²) in [5.41, 5.74) is 0.240. The van der Waals surface area contributed by atoms with Crippen molar-refractivity contribution in [1.29, 1.82) is 0 Å². The van der Waals surface area contributed by atoms with E-state index in [9.17, 15) is 8.42 Å². The summed E-state index contributed by atoms with van der Waals surface area (Å²) in [7, 11) is -1.61. The van der Waals surface area contributed by atoms with Crippen LogP contribution >= 0.6 is 34.8 Å². The Balaban J connectivity index is 2.70. The Morgan fingerprint density at radius 1 is 1.05 bits per heavy atom. The van der Waals surface area contributed by atoms with Crippen LogP contribution < -0.4 is 10.0 Å². The smallest absolute Gasteiger partial charge is 0.232 e. The molecular weight excluding hydrogens is 331 g/mol. The second-order valence-electron chi connectivity index (χ2n) is 3.98. The maximum absolute atomic E-state index is 11.8. The summed E-state index contributed by atoms with van der Waals surface area (Å²) in [6.07, 6.45) is 1.35. The maximum Gasteiger partial charge on any atom is 0.232 e. The van der Waals surface area contributed by atoms with Gasteiger partial charge in [0.05, 0.1) is 26.5 Å². The summed E-state index contributed by atoms with van der Waals surface area (Å²) in [5.74, 6) is 0.0330. The van der Waals surface area contributed by atoms with Crippen molar-refractivity contribution in [1.82, 2.24) is 5.32 Å². The van der Waals surface area contributed by atoms with Gasteiger partial charge >= 0.3 is 0 Å². The topological polar surface area (TPSA) is 58.2 Å². The van der Waals surface area contributed by atoms with Crippen molar-refractivity contribution in [3.05, 3.63) is 27.2 Å². The number of benzene rings is 1. The summed E-state index contributed by atoms with van der Waals surface area (Å²) in [4.78, 5) is 0. The lowest BCUT2D eigenvalue weighted by Gasteiger charge is -2.10. The van der Waals surface area contributed by atoms with Gasteiger partial charge in [-0.1, -0.05) is 34.8 Å². The number of rotatable bonds is 7. The average molecular weight is 346 g/mol. The van der Waals surface area contributed by atoms with Gasteiger partial charge in [-0.15, -0.1) is 0 Å². The first-order valence-electron chi connectivity index (χ1n) is 5.65. The van der Waals surface area contributed by atoms with Gasteiger partial charge in [-0.2, -0.15) is 0 Å². The molecule has 0 aliphatic rings. The molecule has 0 atom stereocenters. The lowest BCUT2D eigenvalue weighted by atomic mass is 10.3. The van der Waals surface area contributed by atoms with E-state index in [0.717, 1.165) is 13.0 Å². The molecule has 0 radical (unpaired) electrons. The van der Waals surface area contributed by atoms with Crippen molar-refractivity contribution < 1.29 is 8.42 Å². The van der Waals surface area contributed by atoms with E-state index in [1.54, 1.807) is 0 Å². The number of unbranched alkanes of at least 4 members (excludes halogenated alkanes) is 1. The Hall–Kier alpha value is -0.200. The SMILES string of the molecule is CNCCCCS(=O)(=O)Nc1cc(Cl)c(Cl)cc1Cl. The van der Waals surface area contributed by atoms with Crippen LogP contribution in [-0.2, 0) is 10.0 Å². The number of hydrogen-bond acceptors (Lipinski definition) is 3. The molecule has 0 spiro atoms. The maximum atomic E-state index is 11.8. The van der Waals surface area contributed by atoms with Gasteiger partial charge in [0, 0.05) is 0 Å². The minimum Gasteiger partial charge on any atom is -0.320 e. The molecular formula is C11H15Cl3N2O2S. The zero-order valence-electron chi connectivity index (χ0n) is 10.3. The van der Waals surface area contributed by atoms with Crippen molar-refractivity contribution in [2.24, 2.45) is 0 Å². The van der Waals surface area contributed by atoms with E-state index in [-0.39, 0.29) is 26.5 Å². The number of anilines is 1. The molecule has 0 unspecified atom stereocenters. The third kappa shape index (κ3) is 5.75. The fourth-order valence-electron chi connectivity index (χ4n) is 1.41. The van der Waals surface area contributed by atoms with Crippen molar-refractivity contribution in [2.75, 3.05) is 24.1 Å². The first-order valence-corrected chi connectivity index (χ1v) is 8.44. The zero-order chi connectivity index (χ0) is 14.5. The fraction of sp³-hybridized carbons (Fsp3) is 0.455. The summed E-state index contributed by atoms with van der Waals surface area (Å²) >= 11 is 17.5. The average Bonchev–Trinajstić information content (AvgIpc) is 2.31. The van der Waals surface area contributed by atoms with Crippen LogP contribution in [0.25, 0.3) is 0 Å². The lowest BCUT2D eigenvalue weighted by molar-refractivity contribution is 0.595. The molecule has 1 rings (SSSR count). The molecule has 4 nitrogen and oxygen atoms in total. The minimum atomic E-state index is -3.43. The molecule has 2 N–H and O–H groups in total. The third-order valence-corrected chi connectivity index (χ3v) is 4.76. The standard InChI is InChI=1S/C11H15Cl3N2O2S/c1-15-4-2-3-5-19(17,18)16-11-7-9(13)8(12)6-10(11)14/h6-7,15-16H,2-5H2,1H3. The molecule has 0 bridgehead atoms. The fourth-order valence-corrected chi connectivity index (χ4v) is 3.25. The molecule has 19 heavy (non-hydrogen) atoms. The van der Waals surface area contributed by atoms with Crippen molar-refractivity contribution in [2.45, 2.75) is 12.8 Å². The van der Waals surface area contributed by atoms with Crippen molar-refractivity contribution in [3.63, 3.8) is 0 Å². The van der Waals surface area contributed by atoms with Crippen LogP contribution in [0.5, 0.6) is 0 Å². The Bertz CT molecular complexity index is 535. The molecule has 1 aromatic carbocycles. The van der Waals surface area contributed by atoms with Gasteiger partial charge in [-0.05, 0) is 38.6 Å². The number of halogens is 3. The highest BCUT2D eigenvalue weighted by molar-refractivity contribution is 7.92. The Labute approximate surface area is 128 Å². The first kappa shape index (κ1) is 16.9. The van der Waals surface area contributed by atoms with Gasteiger partial charge in [-0.3, -0.25) is 4.72 Å². The zero-order valence-corrected chi connectivity index (χ0v) is 13.4. The number of hydrogen-bond donors (Lipinski definition) is 2. The van der Waals surface area contributed by atoms with E-state index < -0.39 is 10.0 Å². The molecule has 0 saturated heterocycles. The highest BCUT2D eigenvalue weighted by Gasteiger charge is 2.14. The van der Waals surface area contributed by atoms with E-state index in [4.69, 9.17) is 34.8 Å². The van der Waals surface area contributed by atoms with E-state index >= 15 is 0 Å². The van der Waals surface area contributed by atoms with Crippen LogP contribution in [0.4, 0.5) is 5.69 Å². The van der Waals surface area contributed by atoms with E-state index in [1.807, 2.05) is 7.05 Å². The highest BCUT2D eigenvalue weighted by Crippen LogP contribution is 2.32. The molecule has 0 fully saturated rings. The largest absolute Gasteiger partial charge is 0.320 e. The predicted octanol–water partition coefficient (Wildman–Crippen LogP) is 3.39. The van der Waals surface area contributed by atoms with Crippen LogP contribution in [0.15, 0.2) is 12.1 Å². The second-order valence-corrected chi connectivity index (χ2v) is 7.04. The van der Waals surface area contributed by atoms with Crippen LogP contribution in [0.1, 0.15) is 12.8 Å². The Morgan fingerprint density at radius 2 is 1.68 bits per heavy atom. The monoisotopic (exact) mass is 344 g/mol. The van der Waals surface area contributed by atoms with Gasteiger partial charge in [0.2, 0.25) is 10.0 Å². The predicted molar refractivity (Wildman–Crippen MR) is 82.0 cm³/mol. The van der Waals surface area contributed by atoms with Gasteiger partial charge in [0.25, 0.3) is 0 Å². The lowest BCUT2D eigenvalue weighted by Crippen LogP contribution is -2.18.